The lowest BCUT2D eigenvalue weighted by atomic mass is 10.1. The van der Waals surface area contributed by atoms with Crippen LogP contribution in [0.2, 0.25) is 0 Å². The fraction of sp³-hybridized carbons (Fsp3) is 0.350. The van der Waals surface area contributed by atoms with Crippen molar-refractivity contribution in [2.45, 2.75) is 31.2 Å². The Morgan fingerprint density at radius 2 is 1.86 bits per heavy atom. The van der Waals surface area contributed by atoms with Gasteiger partial charge in [-0.15, -0.1) is 0 Å². The summed E-state index contributed by atoms with van der Waals surface area (Å²) in [5.74, 6) is 1.25. The largest absolute Gasteiger partial charge is 0.486 e. The van der Waals surface area contributed by atoms with Crippen molar-refractivity contribution in [3.63, 3.8) is 0 Å². The van der Waals surface area contributed by atoms with Gasteiger partial charge in [0.15, 0.2) is 11.5 Å². The molecule has 1 amide bonds. The van der Waals surface area contributed by atoms with Crippen molar-refractivity contribution in [1.29, 1.82) is 0 Å². The van der Waals surface area contributed by atoms with Crippen molar-refractivity contribution in [2.24, 2.45) is 0 Å². The zero-order chi connectivity index (χ0) is 19.9. The molecule has 2 aliphatic heterocycles. The van der Waals surface area contributed by atoms with Crippen LogP contribution in [0.3, 0.4) is 0 Å². The molecule has 2 aliphatic rings. The van der Waals surface area contributed by atoms with Crippen molar-refractivity contribution < 1.29 is 22.7 Å². The van der Waals surface area contributed by atoms with Crippen LogP contribution in [0.4, 0.5) is 5.69 Å². The normalized spacial score (nSPS) is 16.6. The number of benzene rings is 2. The van der Waals surface area contributed by atoms with Gasteiger partial charge in [-0.25, -0.2) is 13.1 Å². The van der Waals surface area contributed by atoms with Crippen molar-refractivity contribution in [3.05, 3.63) is 47.5 Å². The molecule has 0 fully saturated rings. The van der Waals surface area contributed by atoms with E-state index < -0.39 is 16.1 Å². The zero-order valence-electron chi connectivity index (χ0n) is 15.8. The van der Waals surface area contributed by atoms with Crippen LogP contribution in [-0.2, 0) is 21.2 Å². The third-order valence-electron chi connectivity index (χ3n) is 5.04. The summed E-state index contributed by atoms with van der Waals surface area (Å²) in [6.07, 6.45) is 0.649. The Kier molecular flexibility index (Phi) is 4.76. The molecule has 0 spiro atoms. The Hall–Kier alpha value is -2.58. The Balaban J connectivity index is 1.55. The molecule has 0 bridgehead atoms. The van der Waals surface area contributed by atoms with E-state index in [-0.39, 0.29) is 10.8 Å². The van der Waals surface area contributed by atoms with Gasteiger partial charge in [-0.2, -0.15) is 0 Å². The third-order valence-corrected chi connectivity index (χ3v) is 6.57. The average molecular weight is 402 g/mol. The van der Waals surface area contributed by atoms with Crippen LogP contribution >= 0.6 is 0 Å². The van der Waals surface area contributed by atoms with E-state index in [0.717, 1.165) is 16.8 Å². The molecule has 0 unspecified atom stereocenters. The number of amides is 1. The number of nitrogens with one attached hydrogen (secondary N) is 1. The summed E-state index contributed by atoms with van der Waals surface area (Å²) in [5, 5.41) is 0. The molecule has 28 heavy (non-hydrogen) atoms. The summed E-state index contributed by atoms with van der Waals surface area (Å²) in [4.78, 5) is 13.5. The van der Waals surface area contributed by atoms with Gasteiger partial charge in [-0.1, -0.05) is 6.07 Å². The fourth-order valence-electron chi connectivity index (χ4n) is 3.57. The molecule has 0 saturated carbocycles. The highest BCUT2D eigenvalue weighted by Gasteiger charge is 2.26. The van der Waals surface area contributed by atoms with Crippen LogP contribution in [0, 0.1) is 0 Å². The van der Waals surface area contributed by atoms with Gasteiger partial charge in [0.25, 0.3) is 0 Å². The summed E-state index contributed by atoms with van der Waals surface area (Å²) >= 11 is 0. The molecule has 0 radical (unpaired) electrons. The number of anilines is 1. The van der Waals surface area contributed by atoms with Gasteiger partial charge >= 0.3 is 0 Å². The van der Waals surface area contributed by atoms with Crippen molar-refractivity contribution in [3.8, 4) is 11.5 Å². The van der Waals surface area contributed by atoms with E-state index in [0.29, 0.717) is 37.7 Å². The first-order valence-corrected chi connectivity index (χ1v) is 10.7. The standard InChI is InChI=1S/C20H22N2O5S/c1-13(15-3-6-19-20(12-15)27-10-9-26-19)21-28(24,25)17-4-5-18-16(11-17)7-8-22(18)14(2)23/h3-6,11-13,21H,7-10H2,1-2H3/t13-/m1/s1. The maximum Gasteiger partial charge on any atom is 0.241 e. The monoisotopic (exact) mass is 402 g/mol. The summed E-state index contributed by atoms with van der Waals surface area (Å²) in [6.45, 7) is 4.86. The van der Waals surface area contributed by atoms with E-state index in [1.807, 2.05) is 6.07 Å². The molecule has 1 N–H and O–H groups in total. The second-order valence-electron chi connectivity index (χ2n) is 6.96. The molecule has 0 aromatic heterocycles. The molecule has 7 nitrogen and oxygen atoms in total. The topological polar surface area (TPSA) is 84.9 Å². The highest BCUT2D eigenvalue weighted by molar-refractivity contribution is 7.89. The maximum absolute atomic E-state index is 12.9. The van der Waals surface area contributed by atoms with Gasteiger partial charge in [0.2, 0.25) is 15.9 Å². The Bertz CT molecular complexity index is 1030. The minimum absolute atomic E-state index is 0.0419. The van der Waals surface area contributed by atoms with E-state index in [4.69, 9.17) is 9.47 Å². The molecular formula is C20H22N2O5S. The number of hydrogen-bond acceptors (Lipinski definition) is 5. The van der Waals surface area contributed by atoms with Crippen molar-refractivity contribution >= 4 is 21.6 Å². The molecule has 0 saturated heterocycles. The molecule has 8 heteroatoms. The van der Waals surface area contributed by atoms with Crippen LogP contribution in [-0.4, -0.2) is 34.1 Å². The van der Waals surface area contributed by atoms with Gasteiger partial charge in [0.05, 0.1) is 4.90 Å². The Labute approximate surface area is 164 Å². The second kappa shape index (κ2) is 7.10. The first-order valence-electron chi connectivity index (χ1n) is 9.18. The number of fused-ring (bicyclic) bond motifs is 2. The van der Waals surface area contributed by atoms with Crippen LogP contribution in [0.1, 0.15) is 31.0 Å². The number of carbonyl (C=O) groups excluding carboxylic acids is 1. The molecule has 148 valence electrons. The lowest BCUT2D eigenvalue weighted by molar-refractivity contribution is -0.116. The first kappa shape index (κ1) is 18.8. The molecule has 4 rings (SSSR count). The molecule has 0 aliphatic carbocycles. The van der Waals surface area contributed by atoms with E-state index >= 15 is 0 Å². The highest BCUT2D eigenvalue weighted by atomic mass is 32.2. The molecule has 2 heterocycles. The number of ether oxygens (including phenoxy) is 2. The van der Waals surface area contributed by atoms with Crippen molar-refractivity contribution in [1.82, 2.24) is 4.72 Å². The van der Waals surface area contributed by atoms with Gasteiger partial charge in [0, 0.05) is 25.2 Å². The van der Waals surface area contributed by atoms with Crippen LogP contribution in [0.25, 0.3) is 0 Å². The smallest absolute Gasteiger partial charge is 0.241 e. The van der Waals surface area contributed by atoms with E-state index in [9.17, 15) is 13.2 Å². The summed E-state index contributed by atoms with van der Waals surface area (Å²) in [6, 6.07) is 9.87. The molecule has 2 aromatic carbocycles. The van der Waals surface area contributed by atoms with Gasteiger partial charge < -0.3 is 14.4 Å². The second-order valence-corrected chi connectivity index (χ2v) is 8.67. The van der Waals surface area contributed by atoms with Gasteiger partial charge in [-0.05, 0) is 54.8 Å². The zero-order valence-corrected chi connectivity index (χ0v) is 16.6. The SMILES string of the molecule is CC(=O)N1CCc2cc(S(=O)(=O)N[C@H](C)c3ccc4c(c3)OCCO4)ccc21. The minimum Gasteiger partial charge on any atom is -0.486 e. The van der Waals surface area contributed by atoms with E-state index in [2.05, 4.69) is 4.72 Å². The Morgan fingerprint density at radius 1 is 1.11 bits per heavy atom. The average Bonchev–Trinajstić information content (AvgIpc) is 3.11. The predicted octanol–water partition coefficient (Wildman–Crippen LogP) is 2.41. The van der Waals surface area contributed by atoms with Crippen LogP contribution in [0.15, 0.2) is 41.3 Å². The Morgan fingerprint density at radius 3 is 2.61 bits per heavy atom. The third kappa shape index (κ3) is 3.45. The summed E-state index contributed by atoms with van der Waals surface area (Å²) < 4.78 is 39.5. The van der Waals surface area contributed by atoms with Gasteiger partial charge in [0.1, 0.15) is 13.2 Å². The maximum atomic E-state index is 12.9. The summed E-state index contributed by atoms with van der Waals surface area (Å²) in [7, 11) is -3.71. The van der Waals surface area contributed by atoms with Crippen molar-refractivity contribution in [2.75, 3.05) is 24.7 Å². The quantitative estimate of drug-likeness (QED) is 0.849. The van der Waals surface area contributed by atoms with Gasteiger partial charge in [-0.3, -0.25) is 4.79 Å². The fourth-order valence-corrected chi connectivity index (χ4v) is 4.85. The number of nitrogens with zero attached hydrogens (tertiary/aromatic N) is 1. The minimum atomic E-state index is -3.71. The molecule has 1 atom stereocenters. The predicted molar refractivity (Wildman–Crippen MR) is 104 cm³/mol. The van der Waals surface area contributed by atoms with Crippen LogP contribution < -0.4 is 19.1 Å². The van der Waals surface area contributed by atoms with Crippen LogP contribution in [0.5, 0.6) is 11.5 Å². The van der Waals surface area contributed by atoms with E-state index in [1.165, 1.54) is 6.92 Å². The highest BCUT2D eigenvalue weighted by Crippen LogP contribution is 2.34. The summed E-state index contributed by atoms with van der Waals surface area (Å²) in [5.41, 5.74) is 2.44. The van der Waals surface area contributed by atoms with E-state index in [1.54, 1.807) is 42.2 Å². The number of rotatable bonds is 4. The number of carbonyl (C=O) groups is 1. The lowest BCUT2D eigenvalue weighted by Gasteiger charge is -2.21. The molecular weight excluding hydrogens is 380 g/mol. The molecule has 2 aromatic rings. The lowest BCUT2D eigenvalue weighted by Crippen LogP contribution is -2.27. The number of hydrogen-bond donors (Lipinski definition) is 1. The number of sulfonamides is 1. The first-order chi connectivity index (χ1) is 13.3.